The molecule has 0 aliphatic carbocycles. The molecule has 1 N–H and O–H groups in total. The van der Waals surface area contributed by atoms with Crippen LogP contribution in [0.15, 0.2) is 44.4 Å². The van der Waals surface area contributed by atoms with Crippen molar-refractivity contribution in [2.75, 3.05) is 7.11 Å². The van der Waals surface area contributed by atoms with Crippen molar-refractivity contribution in [2.45, 2.75) is 17.4 Å². The molecule has 0 saturated heterocycles. The van der Waals surface area contributed by atoms with Crippen molar-refractivity contribution in [1.82, 2.24) is 4.72 Å². The van der Waals surface area contributed by atoms with Gasteiger partial charge in [-0.25, -0.2) is 13.1 Å². The molecule has 2 aromatic rings. The average Bonchev–Trinajstić information content (AvgIpc) is 2.85. The summed E-state index contributed by atoms with van der Waals surface area (Å²) in [5.74, 6) is 0. The predicted molar refractivity (Wildman–Crippen MR) is 83.2 cm³/mol. The van der Waals surface area contributed by atoms with E-state index in [1.165, 1.54) is 11.3 Å². The van der Waals surface area contributed by atoms with Crippen LogP contribution in [-0.2, 0) is 27.9 Å². The van der Waals surface area contributed by atoms with E-state index in [2.05, 4.69) is 20.7 Å². The van der Waals surface area contributed by atoms with Crippen LogP contribution in [0.3, 0.4) is 0 Å². The molecule has 1 aromatic carbocycles. The van der Waals surface area contributed by atoms with Gasteiger partial charge in [-0.15, -0.1) is 11.3 Å². The van der Waals surface area contributed by atoms with Gasteiger partial charge < -0.3 is 4.74 Å². The van der Waals surface area contributed by atoms with Gasteiger partial charge in [0.25, 0.3) is 10.0 Å². The van der Waals surface area contributed by atoms with Crippen molar-refractivity contribution in [3.63, 3.8) is 0 Å². The van der Waals surface area contributed by atoms with Gasteiger partial charge in [0.1, 0.15) is 4.21 Å². The highest BCUT2D eigenvalue weighted by Crippen LogP contribution is 2.27. The lowest BCUT2D eigenvalue weighted by atomic mass is 10.1. The van der Waals surface area contributed by atoms with Gasteiger partial charge in [-0.3, -0.25) is 0 Å². The molecule has 0 radical (unpaired) electrons. The zero-order chi connectivity index (χ0) is 14.6. The highest BCUT2D eigenvalue weighted by Gasteiger charge is 2.19. The molecule has 0 aliphatic rings. The third kappa shape index (κ3) is 3.67. The van der Waals surface area contributed by atoms with Crippen LogP contribution >= 0.6 is 27.3 Å². The van der Waals surface area contributed by atoms with Crippen molar-refractivity contribution in [2.24, 2.45) is 0 Å². The summed E-state index contributed by atoms with van der Waals surface area (Å²) in [7, 11) is -1.88. The molecular formula is C13H14BrNO3S2. The van der Waals surface area contributed by atoms with Gasteiger partial charge >= 0.3 is 0 Å². The molecule has 0 amide bonds. The molecule has 0 spiro atoms. The Morgan fingerprint density at radius 2 is 1.95 bits per heavy atom. The van der Waals surface area contributed by atoms with Gasteiger partial charge in [-0.1, -0.05) is 24.3 Å². The van der Waals surface area contributed by atoms with E-state index in [9.17, 15) is 8.42 Å². The first-order valence-corrected chi connectivity index (χ1v) is 8.98. The van der Waals surface area contributed by atoms with Crippen LogP contribution in [0.25, 0.3) is 0 Å². The van der Waals surface area contributed by atoms with E-state index in [0.29, 0.717) is 15.3 Å². The second-order valence-electron chi connectivity index (χ2n) is 4.08. The lowest BCUT2D eigenvalue weighted by molar-refractivity contribution is 0.184. The predicted octanol–water partition coefficient (Wildman–Crippen LogP) is 3.14. The highest BCUT2D eigenvalue weighted by atomic mass is 79.9. The number of rotatable bonds is 6. The summed E-state index contributed by atoms with van der Waals surface area (Å²) in [5.41, 5.74) is 1.88. The third-order valence-corrected chi connectivity index (χ3v) is 6.77. The fraction of sp³-hybridized carbons (Fsp3) is 0.231. The smallest absolute Gasteiger partial charge is 0.251 e. The number of ether oxygens (including phenoxy) is 1. The maximum atomic E-state index is 12.2. The number of benzene rings is 1. The van der Waals surface area contributed by atoms with Gasteiger partial charge in [0, 0.05) is 18.1 Å². The van der Waals surface area contributed by atoms with Crippen molar-refractivity contribution in [3.05, 3.63) is 51.3 Å². The Kier molecular flexibility index (Phi) is 5.34. The number of hydrogen-bond donors (Lipinski definition) is 1. The Balaban J connectivity index is 2.15. The normalized spacial score (nSPS) is 11.7. The van der Waals surface area contributed by atoms with Gasteiger partial charge in [-0.2, -0.15) is 0 Å². The lowest BCUT2D eigenvalue weighted by Gasteiger charge is -2.10. The van der Waals surface area contributed by atoms with E-state index in [0.717, 1.165) is 11.1 Å². The fourth-order valence-electron chi connectivity index (χ4n) is 1.74. The molecule has 0 atom stereocenters. The molecule has 1 heterocycles. The topological polar surface area (TPSA) is 55.4 Å². The minimum atomic E-state index is -3.50. The maximum Gasteiger partial charge on any atom is 0.251 e. The molecule has 0 saturated carbocycles. The first-order chi connectivity index (χ1) is 9.54. The summed E-state index contributed by atoms with van der Waals surface area (Å²) in [4.78, 5) is 0. The van der Waals surface area contributed by atoms with Crippen LogP contribution in [0.1, 0.15) is 11.1 Å². The van der Waals surface area contributed by atoms with Crippen molar-refractivity contribution >= 4 is 37.3 Å². The molecular weight excluding hydrogens is 362 g/mol. The Morgan fingerprint density at radius 3 is 2.55 bits per heavy atom. The second-order valence-corrected chi connectivity index (χ2v) is 7.81. The molecule has 0 unspecified atom stereocenters. The van der Waals surface area contributed by atoms with Crippen molar-refractivity contribution in [1.29, 1.82) is 0 Å². The summed E-state index contributed by atoms with van der Waals surface area (Å²) in [5, 5.41) is 1.73. The van der Waals surface area contributed by atoms with Crippen molar-refractivity contribution < 1.29 is 13.2 Å². The van der Waals surface area contributed by atoms with Gasteiger partial charge in [0.05, 0.1) is 6.61 Å². The van der Waals surface area contributed by atoms with Gasteiger partial charge in [-0.05, 0) is 38.5 Å². The second kappa shape index (κ2) is 6.82. The SMILES string of the molecule is COCc1ccccc1CNS(=O)(=O)c1sccc1Br. The molecule has 0 fully saturated rings. The molecule has 2 rings (SSSR count). The number of nitrogens with one attached hydrogen (secondary N) is 1. The monoisotopic (exact) mass is 375 g/mol. The first kappa shape index (κ1) is 15.7. The minimum Gasteiger partial charge on any atom is -0.380 e. The summed E-state index contributed by atoms with van der Waals surface area (Å²) < 4.78 is 33.0. The molecule has 108 valence electrons. The Bertz CT molecular complexity index is 682. The third-order valence-electron chi connectivity index (χ3n) is 2.70. The van der Waals surface area contributed by atoms with Crippen LogP contribution in [-0.4, -0.2) is 15.5 Å². The van der Waals surface area contributed by atoms with Crippen LogP contribution in [0.5, 0.6) is 0 Å². The van der Waals surface area contributed by atoms with Crippen LogP contribution in [0.2, 0.25) is 0 Å². The highest BCUT2D eigenvalue weighted by molar-refractivity contribution is 9.10. The summed E-state index contributed by atoms with van der Waals surface area (Å²) >= 11 is 4.42. The molecule has 0 aliphatic heterocycles. The number of halogens is 1. The molecule has 1 aromatic heterocycles. The Hall–Kier alpha value is -0.730. The largest absolute Gasteiger partial charge is 0.380 e. The summed E-state index contributed by atoms with van der Waals surface area (Å²) in [6.07, 6.45) is 0. The summed E-state index contributed by atoms with van der Waals surface area (Å²) in [6.45, 7) is 0.701. The number of sulfonamides is 1. The van der Waals surface area contributed by atoms with Crippen molar-refractivity contribution in [3.8, 4) is 0 Å². The first-order valence-electron chi connectivity index (χ1n) is 5.83. The maximum absolute atomic E-state index is 12.2. The van der Waals surface area contributed by atoms with E-state index in [-0.39, 0.29) is 6.54 Å². The molecule has 4 nitrogen and oxygen atoms in total. The zero-order valence-electron chi connectivity index (χ0n) is 10.8. The quantitative estimate of drug-likeness (QED) is 0.843. The number of hydrogen-bond acceptors (Lipinski definition) is 4. The van der Waals surface area contributed by atoms with E-state index < -0.39 is 10.0 Å². The van der Waals surface area contributed by atoms with Gasteiger partial charge in [0.15, 0.2) is 0 Å². The molecule has 20 heavy (non-hydrogen) atoms. The standard InChI is InChI=1S/C13H14BrNO3S2/c1-18-9-11-5-3-2-4-10(11)8-15-20(16,17)13-12(14)6-7-19-13/h2-7,15H,8-9H2,1H3. The van der Waals surface area contributed by atoms with E-state index in [4.69, 9.17) is 4.74 Å². The number of thiophene rings is 1. The van der Waals surface area contributed by atoms with Crippen LogP contribution < -0.4 is 4.72 Å². The van der Waals surface area contributed by atoms with E-state index in [1.807, 2.05) is 24.3 Å². The van der Waals surface area contributed by atoms with Crippen LogP contribution in [0, 0.1) is 0 Å². The molecule has 7 heteroatoms. The number of methoxy groups -OCH3 is 1. The van der Waals surface area contributed by atoms with Crippen LogP contribution in [0.4, 0.5) is 0 Å². The summed E-state index contributed by atoms with van der Waals surface area (Å²) in [6, 6.07) is 9.32. The van der Waals surface area contributed by atoms with Gasteiger partial charge in [0.2, 0.25) is 0 Å². The Labute approximate surface area is 131 Å². The Morgan fingerprint density at radius 1 is 1.25 bits per heavy atom. The average molecular weight is 376 g/mol. The zero-order valence-corrected chi connectivity index (χ0v) is 14.0. The minimum absolute atomic E-state index is 0.242. The molecule has 0 bridgehead atoms. The fourth-order valence-corrected chi connectivity index (χ4v) is 5.12. The van der Waals surface area contributed by atoms with E-state index in [1.54, 1.807) is 18.6 Å². The lowest BCUT2D eigenvalue weighted by Crippen LogP contribution is -2.23. The van der Waals surface area contributed by atoms with E-state index >= 15 is 0 Å².